The molecule has 0 saturated carbocycles. The van der Waals surface area contributed by atoms with Crippen LogP contribution in [0.2, 0.25) is 10.0 Å². The molecule has 0 aliphatic carbocycles. The Bertz CT molecular complexity index is 1140. The number of benzene rings is 2. The predicted molar refractivity (Wildman–Crippen MR) is 118 cm³/mol. The average Bonchev–Trinajstić information content (AvgIpc) is 2.64. The number of aromatic nitrogens is 2. The summed E-state index contributed by atoms with van der Waals surface area (Å²) in [6.45, 7) is 1.82. The Morgan fingerprint density at radius 3 is 2.24 bits per heavy atom. The number of anilines is 4. The highest BCUT2D eigenvalue weighted by Gasteiger charge is 2.18. The van der Waals surface area contributed by atoms with Crippen molar-refractivity contribution in [2.24, 2.45) is 0 Å². The van der Waals surface area contributed by atoms with Gasteiger partial charge in [-0.15, -0.1) is 0 Å². The first-order valence-electron chi connectivity index (χ1n) is 8.52. The van der Waals surface area contributed by atoms with Gasteiger partial charge in [0.2, 0.25) is 0 Å². The zero-order valence-corrected chi connectivity index (χ0v) is 18.3. The Hall–Kier alpha value is -2.55. The van der Waals surface area contributed by atoms with Gasteiger partial charge in [-0.2, -0.15) is 0 Å². The molecular weight excluding hydrogens is 433 g/mol. The number of halogens is 2. The van der Waals surface area contributed by atoms with E-state index in [1.54, 1.807) is 24.3 Å². The van der Waals surface area contributed by atoms with Crippen LogP contribution in [-0.4, -0.2) is 32.5 Å². The molecule has 2 N–H and O–H groups in total. The maximum absolute atomic E-state index is 12.6. The number of rotatable bonds is 6. The molecule has 3 rings (SSSR count). The minimum Gasteiger partial charge on any atom is -0.363 e. The zero-order chi connectivity index (χ0) is 21.2. The molecule has 152 valence electrons. The molecule has 0 aliphatic heterocycles. The maximum Gasteiger partial charge on any atom is 0.263 e. The molecule has 7 nitrogen and oxygen atoms in total. The van der Waals surface area contributed by atoms with Crippen LogP contribution in [0.15, 0.2) is 53.4 Å². The van der Waals surface area contributed by atoms with Crippen LogP contribution in [0, 0.1) is 6.92 Å². The minimum atomic E-state index is -3.87. The van der Waals surface area contributed by atoms with E-state index in [4.69, 9.17) is 23.2 Å². The van der Waals surface area contributed by atoms with Crippen LogP contribution < -0.4 is 14.9 Å². The molecule has 0 unspecified atom stereocenters. The number of hydrogen-bond donors (Lipinski definition) is 2. The number of nitrogens with zero attached hydrogens (tertiary/aromatic N) is 3. The summed E-state index contributed by atoms with van der Waals surface area (Å²) in [5.41, 5.74) is 1.14. The van der Waals surface area contributed by atoms with E-state index in [1.807, 2.05) is 32.0 Å². The summed E-state index contributed by atoms with van der Waals surface area (Å²) in [6, 6.07) is 12.9. The predicted octanol–water partition coefficient (Wildman–Crippen LogP) is 4.70. The third kappa shape index (κ3) is 5.29. The lowest BCUT2D eigenvalue weighted by Crippen LogP contribution is -2.13. The standard InChI is InChI=1S/C19H19Cl2N5O2S/c1-12-22-18(11-19(23-12)26(2)3)24-14-5-7-15(8-6-14)25-29(27,28)17-10-13(20)4-9-16(17)21/h4-11,25H,1-3H3,(H,22,23,24). The Balaban J connectivity index is 1.78. The Labute approximate surface area is 179 Å². The summed E-state index contributed by atoms with van der Waals surface area (Å²) in [5.74, 6) is 2.06. The van der Waals surface area contributed by atoms with Gasteiger partial charge in [-0.3, -0.25) is 4.72 Å². The molecule has 29 heavy (non-hydrogen) atoms. The first-order valence-corrected chi connectivity index (χ1v) is 10.8. The van der Waals surface area contributed by atoms with Crippen molar-refractivity contribution >= 4 is 56.2 Å². The van der Waals surface area contributed by atoms with Gasteiger partial charge in [0, 0.05) is 36.6 Å². The smallest absolute Gasteiger partial charge is 0.263 e. The molecule has 0 bridgehead atoms. The molecule has 0 fully saturated rings. The van der Waals surface area contributed by atoms with Crippen molar-refractivity contribution in [1.82, 2.24) is 9.97 Å². The lowest BCUT2D eigenvalue weighted by molar-refractivity contribution is 0.601. The third-order valence-electron chi connectivity index (χ3n) is 3.87. The Morgan fingerprint density at radius 1 is 0.931 bits per heavy atom. The normalized spacial score (nSPS) is 11.2. The van der Waals surface area contributed by atoms with Crippen LogP contribution in [0.5, 0.6) is 0 Å². The van der Waals surface area contributed by atoms with Crippen molar-refractivity contribution in [2.75, 3.05) is 29.0 Å². The summed E-state index contributed by atoms with van der Waals surface area (Å²) in [4.78, 5) is 10.5. The highest BCUT2D eigenvalue weighted by atomic mass is 35.5. The van der Waals surface area contributed by atoms with Gasteiger partial charge in [0.15, 0.2) is 0 Å². The van der Waals surface area contributed by atoms with Gasteiger partial charge in [0.05, 0.1) is 5.02 Å². The zero-order valence-electron chi connectivity index (χ0n) is 15.9. The molecule has 0 atom stereocenters. The number of sulfonamides is 1. The highest BCUT2D eigenvalue weighted by Crippen LogP contribution is 2.27. The highest BCUT2D eigenvalue weighted by molar-refractivity contribution is 7.92. The molecule has 0 radical (unpaired) electrons. The van der Waals surface area contributed by atoms with E-state index < -0.39 is 10.0 Å². The van der Waals surface area contributed by atoms with Crippen molar-refractivity contribution in [1.29, 1.82) is 0 Å². The van der Waals surface area contributed by atoms with Crippen LogP contribution >= 0.6 is 23.2 Å². The van der Waals surface area contributed by atoms with Gasteiger partial charge in [-0.05, 0) is 49.4 Å². The van der Waals surface area contributed by atoms with Crippen LogP contribution in [0.3, 0.4) is 0 Å². The number of hydrogen-bond acceptors (Lipinski definition) is 6. The van der Waals surface area contributed by atoms with E-state index in [-0.39, 0.29) is 14.9 Å². The summed E-state index contributed by atoms with van der Waals surface area (Å²) < 4.78 is 27.7. The van der Waals surface area contributed by atoms with E-state index in [2.05, 4.69) is 20.0 Å². The Kier molecular flexibility index (Phi) is 6.16. The van der Waals surface area contributed by atoms with Gasteiger partial charge >= 0.3 is 0 Å². The first kappa shape index (κ1) is 21.2. The SMILES string of the molecule is Cc1nc(Nc2ccc(NS(=O)(=O)c3cc(Cl)ccc3Cl)cc2)cc(N(C)C)n1. The second kappa shape index (κ2) is 8.44. The van der Waals surface area contributed by atoms with Crippen molar-refractivity contribution in [3.05, 3.63) is 64.4 Å². The lowest BCUT2D eigenvalue weighted by atomic mass is 10.3. The fourth-order valence-corrected chi connectivity index (χ4v) is 4.33. The fraction of sp³-hybridized carbons (Fsp3) is 0.158. The molecule has 0 amide bonds. The van der Waals surface area contributed by atoms with Crippen LogP contribution in [0.4, 0.5) is 23.0 Å². The van der Waals surface area contributed by atoms with E-state index in [0.29, 0.717) is 17.3 Å². The minimum absolute atomic E-state index is 0.0819. The summed E-state index contributed by atoms with van der Waals surface area (Å²) in [6.07, 6.45) is 0. The molecule has 3 aromatic rings. The largest absolute Gasteiger partial charge is 0.363 e. The molecule has 0 aliphatic rings. The Morgan fingerprint density at radius 2 is 1.59 bits per heavy atom. The van der Waals surface area contributed by atoms with Gasteiger partial charge in [0.25, 0.3) is 10.0 Å². The molecular formula is C19H19Cl2N5O2S. The summed E-state index contributed by atoms with van der Waals surface area (Å²) in [5, 5.41) is 3.56. The van der Waals surface area contributed by atoms with Crippen molar-refractivity contribution in [3.63, 3.8) is 0 Å². The fourth-order valence-electron chi connectivity index (χ4n) is 2.51. The van der Waals surface area contributed by atoms with Gasteiger partial charge in [-0.1, -0.05) is 23.2 Å². The average molecular weight is 452 g/mol. The summed E-state index contributed by atoms with van der Waals surface area (Å²) >= 11 is 11.9. The van der Waals surface area contributed by atoms with Crippen LogP contribution in [0.25, 0.3) is 0 Å². The van der Waals surface area contributed by atoms with Crippen LogP contribution in [-0.2, 0) is 10.0 Å². The molecule has 0 spiro atoms. The van der Waals surface area contributed by atoms with E-state index in [9.17, 15) is 8.42 Å². The number of nitrogens with one attached hydrogen (secondary N) is 2. The van der Waals surface area contributed by atoms with Gasteiger partial charge in [-0.25, -0.2) is 18.4 Å². The second-order valence-electron chi connectivity index (χ2n) is 6.44. The van der Waals surface area contributed by atoms with E-state index in [0.717, 1.165) is 11.5 Å². The quantitative estimate of drug-likeness (QED) is 0.564. The van der Waals surface area contributed by atoms with Gasteiger partial charge in [0.1, 0.15) is 22.4 Å². The third-order valence-corrected chi connectivity index (χ3v) is 5.97. The van der Waals surface area contributed by atoms with Crippen LogP contribution in [0.1, 0.15) is 5.82 Å². The van der Waals surface area contributed by atoms with E-state index >= 15 is 0 Å². The monoisotopic (exact) mass is 451 g/mol. The van der Waals surface area contributed by atoms with E-state index in [1.165, 1.54) is 18.2 Å². The van der Waals surface area contributed by atoms with Gasteiger partial charge < -0.3 is 10.2 Å². The number of aryl methyl sites for hydroxylation is 1. The molecule has 10 heteroatoms. The van der Waals surface area contributed by atoms with Crippen molar-refractivity contribution < 1.29 is 8.42 Å². The molecule has 1 heterocycles. The lowest BCUT2D eigenvalue weighted by Gasteiger charge is -2.14. The van der Waals surface area contributed by atoms with Crippen molar-refractivity contribution in [3.8, 4) is 0 Å². The molecule has 0 saturated heterocycles. The van der Waals surface area contributed by atoms with Crippen molar-refractivity contribution in [2.45, 2.75) is 11.8 Å². The first-order chi connectivity index (χ1) is 13.6. The second-order valence-corrected chi connectivity index (χ2v) is 8.93. The maximum atomic E-state index is 12.6. The topological polar surface area (TPSA) is 87.2 Å². The molecule has 1 aromatic heterocycles. The molecule has 2 aromatic carbocycles. The summed E-state index contributed by atoms with van der Waals surface area (Å²) in [7, 11) is -0.0691.